The van der Waals surface area contributed by atoms with E-state index in [0.29, 0.717) is 30.9 Å². The summed E-state index contributed by atoms with van der Waals surface area (Å²) < 4.78 is 30.2. The molecule has 1 aliphatic rings. The van der Waals surface area contributed by atoms with E-state index in [1.54, 1.807) is 6.26 Å². The lowest BCUT2D eigenvalue weighted by Gasteiger charge is -2.21. The van der Waals surface area contributed by atoms with Crippen LogP contribution in [0, 0.1) is 19.7 Å². The van der Waals surface area contributed by atoms with Crippen LogP contribution in [0.1, 0.15) is 27.8 Å². The Hall–Kier alpha value is -2.86. The highest BCUT2D eigenvalue weighted by Crippen LogP contribution is 2.30. The zero-order valence-electron chi connectivity index (χ0n) is 15.9. The van der Waals surface area contributed by atoms with Gasteiger partial charge in [-0.1, -0.05) is 12.1 Å². The third-order valence-corrected chi connectivity index (χ3v) is 5.16. The molecule has 1 N–H and O–H groups in total. The molecule has 1 aromatic heterocycles. The summed E-state index contributed by atoms with van der Waals surface area (Å²) in [5.74, 6) is 0.230. The SMILES string of the molecule is Cc1ccc2c(CC(=O)NCCc3cc(F)cc4c3OCOC4)coc2c1C. The molecule has 0 unspecified atom stereocenters. The van der Waals surface area contributed by atoms with Gasteiger partial charge < -0.3 is 19.2 Å². The minimum atomic E-state index is -0.329. The number of hydrogen-bond acceptors (Lipinski definition) is 4. The third kappa shape index (κ3) is 3.60. The van der Waals surface area contributed by atoms with Crippen molar-refractivity contribution in [2.45, 2.75) is 33.3 Å². The van der Waals surface area contributed by atoms with Gasteiger partial charge in [0, 0.05) is 23.1 Å². The number of rotatable bonds is 5. The number of fused-ring (bicyclic) bond motifs is 2. The van der Waals surface area contributed by atoms with Crippen LogP contribution in [0.25, 0.3) is 11.0 Å². The van der Waals surface area contributed by atoms with Gasteiger partial charge in [0.05, 0.1) is 19.3 Å². The first-order valence-corrected chi connectivity index (χ1v) is 9.27. The van der Waals surface area contributed by atoms with Gasteiger partial charge in [0.25, 0.3) is 0 Å². The van der Waals surface area contributed by atoms with Crippen LogP contribution in [0.2, 0.25) is 0 Å². The first-order chi connectivity index (χ1) is 13.5. The van der Waals surface area contributed by atoms with E-state index in [1.807, 2.05) is 26.0 Å². The summed E-state index contributed by atoms with van der Waals surface area (Å²) in [6, 6.07) is 6.89. The number of furan rings is 1. The van der Waals surface area contributed by atoms with E-state index in [4.69, 9.17) is 13.9 Å². The molecule has 0 saturated heterocycles. The van der Waals surface area contributed by atoms with E-state index in [-0.39, 0.29) is 24.9 Å². The number of ether oxygens (including phenoxy) is 2. The van der Waals surface area contributed by atoms with Gasteiger partial charge in [-0.25, -0.2) is 4.39 Å². The van der Waals surface area contributed by atoms with E-state index in [0.717, 1.165) is 33.2 Å². The van der Waals surface area contributed by atoms with Crippen molar-refractivity contribution >= 4 is 16.9 Å². The molecule has 0 saturated carbocycles. The Kier molecular flexibility index (Phi) is 5.05. The highest BCUT2D eigenvalue weighted by molar-refractivity contribution is 5.89. The van der Waals surface area contributed by atoms with E-state index in [1.165, 1.54) is 12.1 Å². The van der Waals surface area contributed by atoms with Crippen molar-refractivity contribution in [3.63, 3.8) is 0 Å². The maximum Gasteiger partial charge on any atom is 0.224 e. The molecule has 0 spiro atoms. The quantitative estimate of drug-likeness (QED) is 0.725. The smallest absolute Gasteiger partial charge is 0.224 e. The lowest BCUT2D eigenvalue weighted by atomic mass is 10.0. The van der Waals surface area contributed by atoms with Crippen LogP contribution >= 0.6 is 0 Å². The second-order valence-corrected chi connectivity index (χ2v) is 7.09. The van der Waals surface area contributed by atoms with Crippen LogP contribution in [0.5, 0.6) is 5.75 Å². The highest BCUT2D eigenvalue weighted by Gasteiger charge is 2.17. The largest absolute Gasteiger partial charge is 0.467 e. The summed E-state index contributed by atoms with van der Waals surface area (Å²) in [6.07, 6.45) is 2.37. The van der Waals surface area contributed by atoms with Gasteiger partial charge in [0.15, 0.2) is 6.79 Å². The number of nitrogens with one attached hydrogen (secondary N) is 1. The predicted molar refractivity (Wildman–Crippen MR) is 103 cm³/mol. The number of benzene rings is 2. The van der Waals surface area contributed by atoms with Crippen molar-refractivity contribution in [3.05, 3.63) is 64.2 Å². The average molecular weight is 383 g/mol. The van der Waals surface area contributed by atoms with E-state index in [9.17, 15) is 9.18 Å². The van der Waals surface area contributed by atoms with Gasteiger partial charge in [-0.15, -0.1) is 0 Å². The van der Waals surface area contributed by atoms with Crippen LogP contribution in [0.3, 0.4) is 0 Å². The summed E-state index contributed by atoms with van der Waals surface area (Å²) in [4.78, 5) is 12.4. The van der Waals surface area contributed by atoms with Gasteiger partial charge >= 0.3 is 0 Å². The monoisotopic (exact) mass is 383 g/mol. The summed E-state index contributed by atoms with van der Waals surface area (Å²) in [6.45, 7) is 4.93. The van der Waals surface area contributed by atoms with E-state index in [2.05, 4.69) is 5.32 Å². The molecule has 6 heteroatoms. The van der Waals surface area contributed by atoms with Crippen LogP contribution < -0.4 is 10.1 Å². The predicted octanol–water partition coefficient (Wildman–Crippen LogP) is 3.96. The Balaban J connectivity index is 1.40. The van der Waals surface area contributed by atoms with Crippen molar-refractivity contribution in [3.8, 4) is 5.75 Å². The molecular weight excluding hydrogens is 361 g/mol. The molecule has 5 nitrogen and oxygen atoms in total. The summed E-state index contributed by atoms with van der Waals surface area (Å²) in [5.41, 5.74) is 5.36. The Morgan fingerprint density at radius 1 is 1.21 bits per heavy atom. The van der Waals surface area contributed by atoms with Crippen molar-refractivity contribution in [2.75, 3.05) is 13.3 Å². The summed E-state index contributed by atoms with van der Waals surface area (Å²) in [5, 5.41) is 3.86. The molecule has 28 heavy (non-hydrogen) atoms. The van der Waals surface area contributed by atoms with Crippen LogP contribution in [-0.4, -0.2) is 19.2 Å². The topological polar surface area (TPSA) is 60.7 Å². The van der Waals surface area contributed by atoms with E-state index < -0.39 is 0 Å². The van der Waals surface area contributed by atoms with Crippen LogP contribution in [0.4, 0.5) is 4.39 Å². The number of halogens is 1. The lowest BCUT2D eigenvalue weighted by molar-refractivity contribution is -0.120. The molecule has 0 atom stereocenters. The van der Waals surface area contributed by atoms with Crippen LogP contribution in [-0.2, 0) is 29.0 Å². The second kappa shape index (κ2) is 7.64. The molecule has 0 radical (unpaired) electrons. The summed E-state index contributed by atoms with van der Waals surface area (Å²) >= 11 is 0. The molecule has 1 amide bonds. The minimum absolute atomic E-state index is 0.101. The first kappa shape index (κ1) is 18.5. The van der Waals surface area contributed by atoms with Gasteiger partial charge in [-0.2, -0.15) is 0 Å². The minimum Gasteiger partial charge on any atom is -0.467 e. The van der Waals surface area contributed by atoms with E-state index >= 15 is 0 Å². The number of aryl methyl sites for hydroxylation is 2. The Morgan fingerprint density at radius 2 is 2.07 bits per heavy atom. The van der Waals surface area contributed by atoms with Gasteiger partial charge in [-0.3, -0.25) is 4.79 Å². The maximum absolute atomic E-state index is 13.8. The van der Waals surface area contributed by atoms with Crippen LogP contribution in [0.15, 0.2) is 34.9 Å². The molecule has 2 heterocycles. The Labute approximate surface area is 162 Å². The molecule has 4 rings (SSSR count). The molecule has 2 aromatic carbocycles. The summed E-state index contributed by atoms with van der Waals surface area (Å²) in [7, 11) is 0. The van der Waals surface area contributed by atoms with Gasteiger partial charge in [0.2, 0.25) is 5.91 Å². The fourth-order valence-electron chi connectivity index (χ4n) is 3.54. The molecule has 0 aliphatic carbocycles. The van der Waals surface area contributed by atoms with Crippen molar-refractivity contribution in [1.82, 2.24) is 5.32 Å². The number of carbonyl (C=O) groups is 1. The number of carbonyl (C=O) groups excluding carboxylic acids is 1. The highest BCUT2D eigenvalue weighted by atomic mass is 19.1. The zero-order valence-corrected chi connectivity index (χ0v) is 15.9. The number of hydrogen-bond donors (Lipinski definition) is 1. The van der Waals surface area contributed by atoms with Crippen molar-refractivity contribution < 1.29 is 23.1 Å². The first-order valence-electron chi connectivity index (χ1n) is 9.27. The molecular formula is C22H22FNO4. The second-order valence-electron chi connectivity index (χ2n) is 7.09. The molecule has 146 valence electrons. The zero-order chi connectivity index (χ0) is 19.7. The maximum atomic E-state index is 13.8. The molecule has 0 fully saturated rings. The molecule has 0 bridgehead atoms. The fraction of sp³-hybridized carbons (Fsp3) is 0.318. The Bertz CT molecular complexity index is 1040. The molecule has 1 aliphatic heterocycles. The fourth-order valence-corrected chi connectivity index (χ4v) is 3.54. The third-order valence-electron chi connectivity index (χ3n) is 5.16. The van der Waals surface area contributed by atoms with Crippen molar-refractivity contribution in [1.29, 1.82) is 0 Å². The average Bonchev–Trinajstić information content (AvgIpc) is 3.08. The van der Waals surface area contributed by atoms with Gasteiger partial charge in [0.1, 0.15) is 17.1 Å². The van der Waals surface area contributed by atoms with Crippen molar-refractivity contribution in [2.24, 2.45) is 0 Å². The standard InChI is InChI=1S/C22H22FNO4/c1-13-3-4-19-16(11-27-21(19)14(13)2)9-20(25)24-6-5-15-7-18(23)8-17-10-26-12-28-22(15)17/h3-4,7-8,11H,5-6,9-10,12H2,1-2H3,(H,24,25). The number of amides is 1. The lowest BCUT2D eigenvalue weighted by Crippen LogP contribution is -2.27. The van der Waals surface area contributed by atoms with Gasteiger partial charge in [-0.05, 0) is 49.1 Å². The molecule has 3 aromatic rings. The Morgan fingerprint density at radius 3 is 2.93 bits per heavy atom. The normalized spacial score (nSPS) is 13.2.